The van der Waals surface area contributed by atoms with Crippen molar-refractivity contribution in [2.45, 2.75) is 6.04 Å². The molecule has 1 aromatic rings. The fourth-order valence-electron chi connectivity index (χ4n) is 1.35. The number of ether oxygens (including phenoxy) is 1. The Morgan fingerprint density at radius 2 is 2.25 bits per heavy atom. The van der Waals surface area contributed by atoms with Crippen molar-refractivity contribution in [3.8, 4) is 5.75 Å². The van der Waals surface area contributed by atoms with Gasteiger partial charge in [-0.25, -0.2) is 0 Å². The topological polar surface area (TPSA) is 76.8 Å². The molecule has 84 valence electrons. The van der Waals surface area contributed by atoms with Gasteiger partial charge in [0, 0.05) is 12.1 Å². The molecular formula is C10H11N3O3. The van der Waals surface area contributed by atoms with Crippen LogP contribution >= 0.6 is 0 Å². The fraction of sp³-hybridized carbons (Fsp3) is 0.300. The Labute approximate surface area is 92.1 Å². The standard InChI is InChI=1S/C10H11N3O3/c14-13(15)9-1-3-10(4-2-9)16-6-8-5-11-7-12-8/h1-4,7-8H,5-6H2,(H,11,12). The summed E-state index contributed by atoms with van der Waals surface area (Å²) in [5.74, 6) is 0.624. The first-order chi connectivity index (χ1) is 7.75. The van der Waals surface area contributed by atoms with Crippen LogP contribution in [0.1, 0.15) is 0 Å². The summed E-state index contributed by atoms with van der Waals surface area (Å²) < 4.78 is 5.46. The van der Waals surface area contributed by atoms with E-state index in [-0.39, 0.29) is 11.7 Å². The third-order valence-electron chi connectivity index (χ3n) is 2.23. The summed E-state index contributed by atoms with van der Waals surface area (Å²) in [7, 11) is 0. The minimum Gasteiger partial charge on any atom is -0.491 e. The van der Waals surface area contributed by atoms with E-state index in [4.69, 9.17) is 4.74 Å². The van der Waals surface area contributed by atoms with Crippen molar-refractivity contribution in [3.05, 3.63) is 34.4 Å². The van der Waals surface area contributed by atoms with Gasteiger partial charge < -0.3 is 10.1 Å². The minimum absolute atomic E-state index is 0.0645. The lowest BCUT2D eigenvalue weighted by atomic mass is 10.3. The van der Waals surface area contributed by atoms with Gasteiger partial charge in [0.05, 0.1) is 23.8 Å². The molecule has 0 bridgehead atoms. The van der Waals surface area contributed by atoms with Crippen LogP contribution in [0, 0.1) is 10.1 Å². The highest BCUT2D eigenvalue weighted by molar-refractivity contribution is 5.57. The lowest BCUT2D eigenvalue weighted by molar-refractivity contribution is -0.384. The van der Waals surface area contributed by atoms with Crippen LogP contribution in [0.2, 0.25) is 0 Å². The molecule has 1 aliphatic heterocycles. The minimum atomic E-state index is -0.434. The Hall–Kier alpha value is -2.11. The molecule has 0 aliphatic carbocycles. The molecule has 1 unspecified atom stereocenters. The van der Waals surface area contributed by atoms with Gasteiger partial charge in [-0.15, -0.1) is 0 Å². The molecule has 6 heteroatoms. The summed E-state index contributed by atoms with van der Waals surface area (Å²) >= 11 is 0. The summed E-state index contributed by atoms with van der Waals surface area (Å²) in [5.41, 5.74) is 0.0645. The molecule has 0 radical (unpaired) electrons. The second-order valence-corrected chi connectivity index (χ2v) is 3.42. The van der Waals surface area contributed by atoms with Crippen LogP contribution in [0.15, 0.2) is 29.3 Å². The Bertz CT molecular complexity index is 394. The third kappa shape index (κ3) is 2.47. The molecule has 2 rings (SSSR count). The fourth-order valence-corrected chi connectivity index (χ4v) is 1.35. The number of non-ortho nitro benzene ring substituents is 1. The SMILES string of the molecule is O=[N+]([O-])c1ccc(OCC2CN=CN2)cc1. The van der Waals surface area contributed by atoms with E-state index in [0.29, 0.717) is 18.9 Å². The van der Waals surface area contributed by atoms with Crippen LogP contribution in [0.5, 0.6) is 5.75 Å². The van der Waals surface area contributed by atoms with Crippen molar-refractivity contribution >= 4 is 12.0 Å². The number of nitro groups is 1. The summed E-state index contributed by atoms with van der Waals surface area (Å²) in [4.78, 5) is 14.0. The van der Waals surface area contributed by atoms with Gasteiger partial charge in [-0.05, 0) is 12.1 Å². The van der Waals surface area contributed by atoms with Gasteiger partial charge in [-0.1, -0.05) is 0 Å². The molecule has 1 N–H and O–H groups in total. The van der Waals surface area contributed by atoms with E-state index in [1.807, 2.05) is 0 Å². The number of aliphatic imine (C=N–C) groups is 1. The van der Waals surface area contributed by atoms with E-state index < -0.39 is 4.92 Å². The van der Waals surface area contributed by atoms with Gasteiger partial charge in [0.1, 0.15) is 12.4 Å². The summed E-state index contributed by atoms with van der Waals surface area (Å²) in [6.07, 6.45) is 1.66. The zero-order valence-corrected chi connectivity index (χ0v) is 8.50. The van der Waals surface area contributed by atoms with E-state index in [1.165, 1.54) is 12.1 Å². The number of benzene rings is 1. The van der Waals surface area contributed by atoms with E-state index in [1.54, 1.807) is 18.5 Å². The first-order valence-corrected chi connectivity index (χ1v) is 4.87. The molecule has 0 amide bonds. The lowest BCUT2D eigenvalue weighted by Crippen LogP contribution is -2.31. The monoisotopic (exact) mass is 221 g/mol. The Morgan fingerprint density at radius 1 is 1.50 bits per heavy atom. The van der Waals surface area contributed by atoms with Crippen LogP contribution in [0.3, 0.4) is 0 Å². The normalized spacial score (nSPS) is 18.1. The molecule has 1 atom stereocenters. The van der Waals surface area contributed by atoms with Gasteiger partial charge in [-0.2, -0.15) is 0 Å². The average molecular weight is 221 g/mol. The molecule has 6 nitrogen and oxygen atoms in total. The lowest BCUT2D eigenvalue weighted by Gasteiger charge is -2.11. The maximum atomic E-state index is 10.4. The molecular weight excluding hydrogens is 210 g/mol. The second kappa shape index (κ2) is 4.61. The van der Waals surface area contributed by atoms with Crippen molar-refractivity contribution in [1.82, 2.24) is 5.32 Å². The number of hydrogen-bond acceptors (Lipinski definition) is 5. The first-order valence-electron chi connectivity index (χ1n) is 4.87. The maximum absolute atomic E-state index is 10.4. The molecule has 0 spiro atoms. The molecule has 0 fully saturated rings. The Balaban J connectivity index is 1.87. The highest BCUT2D eigenvalue weighted by Crippen LogP contribution is 2.17. The molecule has 0 saturated heterocycles. The van der Waals surface area contributed by atoms with Crippen molar-refractivity contribution < 1.29 is 9.66 Å². The number of nitro benzene ring substituents is 1. The quantitative estimate of drug-likeness (QED) is 0.607. The predicted molar refractivity (Wildman–Crippen MR) is 58.9 cm³/mol. The summed E-state index contributed by atoms with van der Waals surface area (Å²) in [5, 5.41) is 13.4. The summed E-state index contributed by atoms with van der Waals surface area (Å²) in [6, 6.07) is 6.22. The van der Waals surface area contributed by atoms with Gasteiger partial charge in [0.2, 0.25) is 0 Å². The number of rotatable bonds is 4. The number of hydrogen-bond donors (Lipinski definition) is 1. The van der Waals surface area contributed by atoms with Crippen molar-refractivity contribution in [1.29, 1.82) is 0 Å². The summed E-state index contributed by atoms with van der Waals surface area (Å²) in [6.45, 7) is 1.20. The highest BCUT2D eigenvalue weighted by atomic mass is 16.6. The first kappa shape index (κ1) is 10.4. The molecule has 0 saturated carbocycles. The van der Waals surface area contributed by atoms with Gasteiger partial charge >= 0.3 is 0 Å². The van der Waals surface area contributed by atoms with Crippen LogP contribution in [0.25, 0.3) is 0 Å². The van der Waals surface area contributed by atoms with Crippen LogP contribution in [0.4, 0.5) is 5.69 Å². The maximum Gasteiger partial charge on any atom is 0.269 e. The molecule has 1 aromatic carbocycles. The van der Waals surface area contributed by atoms with Crippen LogP contribution < -0.4 is 10.1 Å². The number of nitrogens with zero attached hydrogens (tertiary/aromatic N) is 2. The highest BCUT2D eigenvalue weighted by Gasteiger charge is 2.11. The molecule has 0 aromatic heterocycles. The van der Waals surface area contributed by atoms with Crippen molar-refractivity contribution in [2.24, 2.45) is 4.99 Å². The molecule has 1 heterocycles. The molecule has 16 heavy (non-hydrogen) atoms. The van der Waals surface area contributed by atoms with Gasteiger partial charge in [0.25, 0.3) is 5.69 Å². The van der Waals surface area contributed by atoms with Crippen molar-refractivity contribution in [3.63, 3.8) is 0 Å². The van der Waals surface area contributed by atoms with Crippen molar-refractivity contribution in [2.75, 3.05) is 13.2 Å². The predicted octanol–water partition coefficient (Wildman–Crippen LogP) is 0.974. The van der Waals surface area contributed by atoms with Gasteiger partial charge in [-0.3, -0.25) is 15.1 Å². The van der Waals surface area contributed by atoms with E-state index in [9.17, 15) is 10.1 Å². The second-order valence-electron chi connectivity index (χ2n) is 3.42. The Morgan fingerprint density at radius 3 is 2.81 bits per heavy atom. The smallest absolute Gasteiger partial charge is 0.269 e. The van der Waals surface area contributed by atoms with E-state index >= 15 is 0 Å². The van der Waals surface area contributed by atoms with Gasteiger partial charge in [0.15, 0.2) is 0 Å². The number of nitrogens with one attached hydrogen (secondary N) is 1. The van der Waals surface area contributed by atoms with E-state index in [2.05, 4.69) is 10.3 Å². The average Bonchev–Trinajstić information content (AvgIpc) is 2.80. The zero-order valence-electron chi connectivity index (χ0n) is 8.50. The van der Waals surface area contributed by atoms with E-state index in [0.717, 1.165) is 0 Å². The Kier molecular flexibility index (Phi) is 3.00. The molecule has 1 aliphatic rings. The zero-order chi connectivity index (χ0) is 11.4. The third-order valence-corrected chi connectivity index (χ3v) is 2.23. The van der Waals surface area contributed by atoms with Crippen LogP contribution in [-0.4, -0.2) is 30.5 Å². The van der Waals surface area contributed by atoms with Crippen LogP contribution in [-0.2, 0) is 0 Å². The largest absolute Gasteiger partial charge is 0.491 e.